The molecule has 0 saturated carbocycles. The molecule has 0 aliphatic carbocycles. The van der Waals surface area contributed by atoms with Gasteiger partial charge in [-0.15, -0.1) is 0 Å². The van der Waals surface area contributed by atoms with Crippen LogP contribution >= 0.6 is 0 Å². The van der Waals surface area contributed by atoms with Crippen molar-refractivity contribution in [3.63, 3.8) is 0 Å². The minimum atomic E-state index is -1.59. The maximum Gasteiger partial charge on any atom is 0.335 e. The van der Waals surface area contributed by atoms with E-state index in [4.69, 9.17) is 10.2 Å². The van der Waals surface area contributed by atoms with Gasteiger partial charge in [0.15, 0.2) is 6.61 Å². The Morgan fingerprint density at radius 1 is 1.29 bits per heavy atom. The molecule has 0 aromatic carbocycles. The summed E-state index contributed by atoms with van der Waals surface area (Å²) in [6.45, 7) is 4.15. The highest BCUT2D eigenvalue weighted by Crippen LogP contribution is 1.99. The molecule has 2 N–H and O–H groups in total. The molecule has 96 valence electrons. The fourth-order valence-electron chi connectivity index (χ4n) is 0.704. The molecule has 0 heterocycles. The van der Waals surface area contributed by atoms with Gasteiger partial charge >= 0.3 is 17.9 Å². The number of ether oxygens (including phenoxy) is 2. The standard InChI is InChI=1S/C10H14O7/c1-6(2)10(15)17-9(14)5-16-8(13)4-3-7(11)12/h9,14H,1,3-5H2,2H3,(H,11,12). The Balaban J connectivity index is 3.80. The zero-order valence-electron chi connectivity index (χ0n) is 9.34. The monoisotopic (exact) mass is 246 g/mol. The molecule has 7 heteroatoms. The van der Waals surface area contributed by atoms with Crippen molar-refractivity contribution in [1.29, 1.82) is 0 Å². The lowest BCUT2D eigenvalue weighted by atomic mass is 10.3. The number of aliphatic carboxylic acids is 1. The van der Waals surface area contributed by atoms with E-state index in [0.29, 0.717) is 0 Å². The van der Waals surface area contributed by atoms with E-state index in [9.17, 15) is 14.4 Å². The molecule has 0 bridgehead atoms. The van der Waals surface area contributed by atoms with E-state index in [-0.39, 0.29) is 18.4 Å². The first-order valence-electron chi connectivity index (χ1n) is 4.75. The lowest BCUT2D eigenvalue weighted by Gasteiger charge is -2.12. The van der Waals surface area contributed by atoms with Crippen LogP contribution in [0.1, 0.15) is 19.8 Å². The van der Waals surface area contributed by atoms with Crippen molar-refractivity contribution in [1.82, 2.24) is 0 Å². The van der Waals surface area contributed by atoms with Crippen LogP contribution in [0, 0.1) is 0 Å². The average Bonchev–Trinajstić information content (AvgIpc) is 2.23. The number of hydrogen-bond donors (Lipinski definition) is 2. The Morgan fingerprint density at radius 2 is 1.88 bits per heavy atom. The summed E-state index contributed by atoms with van der Waals surface area (Å²) in [6.07, 6.45) is -2.26. The summed E-state index contributed by atoms with van der Waals surface area (Å²) < 4.78 is 8.89. The summed E-state index contributed by atoms with van der Waals surface area (Å²) in [4.78, 5) is 32.0. The molecule has 0 saturated heterocycles. The molecule has 0 rings (SSSR count). The van der Waals surface area contributed by atoms with Crippen LogP contribution in [0.5, 0.6) is 0 Å². The van der Waals surface area contributed by atoms with Crippen LogP contribution in [0.4, 0.5) is 0 Å². The molecule has 7 nitrogen and oxygen atoms in total. The van der Waals surface area contributed by atoms with Crippen LogP contribution in [-0.4, -0.2) is 41.0 Å². The van der Waals surface area contributed by atoms with Gasteiger partial charge in [0.25, 0.3) is 0 Å². The highest BCUT2D eigenvalue weighted by molar-refractivity contribution is 5.87. The lowest BCUT2D eigenvalue weighted by Crippen LogP contribution is -2.25. The van der Waals surface area contributed by atoms with E-state index in [1.807, 2.05) is 0 Å². The molecule has 1 unspecified atom stereocenters. The van der Waals surface area contributed by atoms with Crippen LogP contribution in [0.15, 0.2) is 12.2 Å². The molecule has 0 aromatic heterocycles. The number of hydrogen-bond acceptors (Lipinski definition) is 6. The summed E-state index contributed by atoms with van der Waals surface area (Å²) >= 11 is 0. The van der Waals surface area contributed by atoms with Crippen LogP contribution in [-0.2, 0) is 23.9 Å². The SMILES string of the molecule is C=C(C)C(=O)OC(O)COC(=O)CCC(=O)O. The third-order valence-corrected chi connectivity index (χ3v) is 1.52. The molecule has 17 heavy (non-hydrogen) atoms. The molecule has 0 aliphatic heterocycles. The van der Waals surface area contributed by atoms with Crippen molar-refractivity contribution in [2.75, 3.05) is 6.61 Å². The minimum Gasteiger partial charge on any atom is -0.481 e. The maximum atomic E-state index is 10.9. The highest BCUT2D eigenvalue weighted by Gasteiger charge is 2.14. The Kier molecular flexibility index (Phi) is 6.57. The van der Waals surface area contributed by atoms with E-state index in [1.54, 1.807) is 0 Å². The zero-order chi connectivity index (χ0) is 13.4. The summed E-state index contributed by atoms with van der Waals surface area (Å²) in [5.41, 5.74) is 0.0984. The van der Waals surface area contributed by atoms with Gasteiger partial charge in [-0.25, -0.2) is 4.79 Å². The van der Waals surface area contributed by atoms with Crippen molar-refractivity contribution in [3.8, 4) is 0 Å². The third kappa shape index (κ3) is 7.97. The summed E-state index contributed by atoms with van der Waals surface area (Å²) in [6, 6.07) is 0. The first-order chi connectivity index (χ1) is 7.82. The molecule has 0 aliphatic rings. The van der Waals surface area contributed by atoms with E-state index in [2.05, 4.69) is 16.1 Å². The Bertz CT molecular complexity index is 321. The molecule has 0 aromatic rings. The van der Waals surface area contributed by atoms with Crippen LogP contribution in [0.2, 0.25) is 0 Å². The quantitative estimate of drug-likeness (QED) is 0.364. The number of carboxylic acid groups (broad SMARTS) is 1. The van der Waals surface area contributed by atoms with E-state index in [1.165, 1.54) is 6.92 Å². The number of carbonyl (C=O) groups is 3. The van der Waals surface area contributed by atoms with Gasteiger partial charge in [0.05, 0.1) is 12.8 Å². The Morgan fingerprint density at radius 3 is 2.35 bits per heavy atom. The predicted molar refractivity (Wildman–Crippen MR) is 54.7 cm³/mol. The number of rotatable bonds is 7. The Hall–Kier alpha value is -1.89. The number of aliphatic hydroxyl groups is 1. The van der Waals surface area contributed by atoms with E-state index < -0.39 is 30.8 Å². The normalized spacial score (nSPS) is 11.4. The van der Waals surface area contributed by atoms with Gasteiger partial charge in [-0.2, -0.15) is 0 Å². The maximum absolute atomic E-state index is 10.9. The van der Waals surface area contributed by atoms with Gasteiger partial charge in [0.2, 0.25) is 6.29 Å². The smallest absolute Gasteiger partial charge is 0.335 e. The average molecular weight is 246 g/mol. The summed E-state index contributed by atoms with van der Waals surface area (Å²) in [7, 11) is 0. The van der Waals surface area contributed by atoms with Crippen molar-refractivity contribution >= 4 is 17.9 Å². The predicted octanol–water partition coefficient (Wildman–Crippen LogP) is -0.168. The first kappa shape index (κ1) is 15.1. The van der Waals surface area contributed by atoms with Gasteiger partial charge in [-0.1, -0.05) is 6.58 Å². The third-order valence-electron chi connectivity index (χ3n) is 1.52. The van der Waals surface area contributed by atoms with Gasteiger partial charge in [0.1, 0.15) is 0 Å². The molecule has 1 atom stereocenters. The van der Waals surface area contributed by atoms with E-state index in [0.717, 1.165) is 0 Å². The van der Waals surface area contributed by atoms with Crippen molar-refractivity contribution in [2.24, 2.45) is 0 Å². The molecule has 0 radical (unpaired) electrons. The van der Waals surface area contributed by atoms with Crippen molar-refractivity contribution < 1.29 is 34.1 Å². The number of carboxylic acids is 1. The van der Waals surface area contributed by atoms with Crippen molar-refractivity contribution in [3.05, 3.63) is 12.2 Å². The van der Waals surface area contributed by atoms with Gasteiger partial charge in [-0.05, 0) is 6.92 Å². The second-order valence-electron chi connectivity index (χ2n) is 3.22. The Labute approximate surface area is 97.6 Å². The van der Waals surface area contributed by atoms with E-state index >= 15 is 0 Å². The zero-order valence-corrected chi connectivity index (χ0v) is 9.34. The lowest BCUT2D eigenvalue weighted by molar-refractivity contribution is -0.178. The van der Waals surface area contributed by atoms with Gasteiger partial charge in [0, 0.05) is 5.57 Å². The van der Waals surface area contributed by atoms with Crippen LogP contribution < -0.4 is 0 Å². The molecule has 0 fully saturated rings. The summed E-state index contributed by atoms with van der Waals surface area (Å²) in [5, 5.41) is 17.4. The van der Waals surface area contributed by atoms with Crippen LogP contribution in [0.3, 0.4) is 0 Å². The molecular weight excluding hydrogens is 232 g/mol. The van der Waals surface area contributed by atoms with Gasteiger partial charge in [-0.3, -0.25) is 9.59 Å². The fraction of sp³-hybridized carbons (Fsp3) is 0.500. The summed E-state index contributed by atoms with van der Waals surface area (Å²) in [5.74, 6) is -2.73. The molecule has 0 amide bonds. The largest absolute Gasteiger partial charge is 0.481 e. The number of esters is 2. The van der Waals surface area contributed by atoms with Crippen LogP contribution in [0.25, 0.3) is 0 Å². The highest BCUT2D eigenvalue weighted by atomic mass is 16.7. The minimum absolute atomic E-state index is 0.0984. The first-order valence-corrected chi connectivity index (χ1v) is 4.75. The van der Waals surface area contributed by atoms with Gasteiger partial charge < -0.3 is 19.7 Å². The second kappa shape index (κ2) is 7.39. The molecular formula is C10H14O7. The topological polar surface area (TPSA) is 110 Å². The molecule has 0 spiro atoms. The number of carbonyl (C=O) groups excluding carboxylic acids is 2. The van der Waals surface area contributed by atoms with Crippen molar-refractivity contribution in [2.45, 2.75) is 26.1 Å². The second-order valence-corrected chi connectivity index (χ2v) is 3.22. The fourth-order valence-corrected chi connectivity index (χ4v) is 0.704. The number of aliphatic hydroxyl groups excluding tert-OH is 1.